The number of ketones is 1. The van der Waals surface area contributed by atoms with Crippen LogP contribution in [-0.2, 0) is 4.79 Å². The maximum atomic E-state index is 12.0. The van der Waals surface area contributed by atoms with Crippen molar-refractivity contribution in [3.8, 4) is 6.07 Å². The minimum Gasteiger partial charge on any atom is -0.481 e. The molecule has 0 heterocycles. The quantitative estimate of drug-likeness (QED) is 0.684. The van der Waals surface area contributed by atoms with E-state index in [0.29, 0.717) is 10.0 Å². The number of hydrogen-bond donors (Lipinski definition) is 1. The summed E-state index contributed by atoms with van der Waals surface area (Å²) >= 11 is 3.15. The number of Topliss-reactive ketones (excluding diaryl/α,β-unsaturated/α-hetero) is 1. The van der Waals surface area contributed by atoms with Gasteiger partial charge < -0.3 is 5.11 Å². The zero-order valence-electron chi connectivity index (χ0n) is 9.11. The van der Waals surface area contributed by atoms with Crippen molar-refractivity contribution >= 4 is 27.7 Å². The van der Waals surface area contributed by atoms with E-state index in [1.807, 2.05) is 6.07 Å². The Balaban J connectivity index is 3.22. The molecule has 0 radical (unpaired) electrons. The molecule has 0 aliphatic heterocycles. The first-order chi connectivity index (χ1) is 8.02. The van der Waals surface area contributed by atoms with Gasteiger partial charge in [0.05, 0.1) is 5.56 Å². The zero-order valence-corrected chi connectivity index (χ0v) is 10.7. The van der Waals surface area contributed by atoms with Crippen LogP contribution in [0.3, 0.4) is 0 Å². The number of rotatable bonds is 4. The predicted molar refractivity (Wildman–Crippen MR) is 64.6 cm³/mol. The maximum absolute atomic E-state index is 12.0. The summed E-state index contributed by atoms with van der Waals surface area (Å²) in [5, 5.41) is 17.7. The summed E-state index contributed by atoms with van der Waals surface area (Å²) in [6.45, 7) is 1.64. The van der Waals surface area contributed by atoms with Gasteiger partial charge in [-0.3, -0.25) is 9.59 Å². The molecular formula is C12H10BrNO3. The summed E-state index contributed by atoms with van der Waals surface area (Å²) in [5.41, 5.74) is 0.550. The number of nitrogens with zero attached hydrogens (tertiary/aromatic N) is 1. The lowest BCUT2D eigenvalue weighted by atomic mass is 9.94. The van der Waals surface area contributed by atoms with Gasteiger partial charge in [0.2, 0.25) is 0 Å². The molecule has 1 unspecified atom stereocenters. The van der Waals surface area contributed by atoms with Crippen LogP contribution < -0.4 is 0 Å². The number of hydrogen-bond acceptors (Lipinski definition) is 3. The third kappa shape index (κ3) is 2.71. The third-order valence-electron chi connectivity index (χ3n) is 2.41. The van der Waals surface area contributed by atoms with Gasteiger partial charge in [-0.2, -0.15) is 5.26 Å². The van der Waals surface area contributed by atoms with Crippen LogP contribution in [-0.4, -0.2) is 16.9 Å². The van der Waals surface area contributed by atoms with E-state index in [1.165, 1.54) is 6.07 Å². The van der Waals surface area contributed by atoms with Crippen molar-refractivity contribution < 1.29 is 14.7 Å². The number of nitriles is 1. The average Bonchev–Trinajstić information content (AvgIpc) is 2.29. The van der Waals surface area contributed by atoms with Gasteiger partial charge in [-0.1, -0.05) is 19.1 Å². The number of halogens is 1. The third-order valence-corrected chi connectivity index (χ3v) is 3.26. The van der Waals surface area contributed by atoms with Gasteiger partial charge in [-0.15, -0.1) is 0 Å². The normalized spacial score (nSPS) is 11.6. The topological polar surface area (TPSA) is 78.2 Å². The van der Waals surface area contributed by atoms with Crippen molar-refractivity contribution in [1.29, 1.82) is 5.26 Å². The second-order valence-corrected chi connectivity index (χ2v) is 4.24. The Kier molecular flexibility index (Phi) is 4.41. The van der Waals surface area contributed by atoms with Gasteiger partial charge >= 0.3 is 5.97 Å². The van der Waals surface area contributed by atoms with E-state index < -0.39 is 17.7 Å². The molecule has 88 valence electrons. The molecule has 0 fully saturated rings. The van der Waals surface area contributed by atoms with E-state index in [1.54, 1.807) is 19.1 Å². The maximum Gasteiger partial charge on any atom is 0.314 e. The highest BCUT2D eigenvalue weighted by molar-refractivity contribution is 9.10. The Hall–Kier alpha value is -1.67. The van der Waals surface area contributed by atoms with E-state index in [0.717, 1.165) is 0 Å². The van der Waals surface area contributed by atoms with Crippen molar-refractivity contribution in [3.05, 3.63) is 33.8 Å². The minimum absolute atomic E-state index is 0.220. The van der Waals surface area contributed by atoms with Crippen molar-refractivity contribution in [2.45, 2.75) is 13.3 Å². The Labute approximate surface area is 107 Å². The summed E-state index contributed by atoms with van der Waals surface area (Å²) in [7, 11) is 0. The molecule has 1 N–H and O–H groups in total. The lowest BCUT2D eigenvalue weighted by Gasteiger charge is -2.10. The summed E-state index contributed by atoms with van der Waals surface area (Å²) in [6, 6.07) is 6.56. The monoisotopic (exact) mass is 295 g/mol. The largest absolute Gasteiger partial charge is 0.481 e. The Morgan fingerprint density at radius 3 is 2.65 bits per heavy atom. The molecular weight excluding hydrogens is 286 g/mol. The lowest BCUT2D eigenvalue weighted by Crippen LogP contribution is -2.23. The number of benzene rings is 1. The van der Waals surface area contributed by atoms with Crippen molar-refractivity contribution in [2.75, 3.05) is 0 Å². The van der Waals surface area contributed by atoms with E-state index in [4.69, 9.17) is 10.4 Å². The lowest BCUT2D eigenvalue weighted by molar-refractivity contribution is -0.140. The minimum atomic E-state index is -1.15. The van der Waals surface area contributed by atoms with Crippen LogP contribution in [0, 0.1) is 17.2 Å². The van der Waals surface area contributed by atoms with Crippen molar-refractivity contribution in [1.82, 2.24) is 0 Å². The summed E-state index contributed by atoms with van der Waals surface area (Å²) < 4.78 is 0.354. The molecule has 1 aromatic rings. The Morgan fingerprint density at radius 1 is 1.53 bits per heavy atom. The molecule has 0 aliphatic carbocycles. The molecule has 0 aromatic heterocycles. The van der Waals surface area contributed by atoms with Crippen molar-refractivity contribution in [2.24, 2.45) is 5.92 Å². The fraction of sp³-hybridized carbons (Fsp3) is 0.250. The van der Waals surface area contributed by atoms with Gasteiger partial charge in [-0.05, 0) is 28.4 Å². The first-order valence-electron chi connectivity index (χ1n) is 4.98. The van der Waals surface area contributed by atoms with E-state index in [2.05, 4.69) is 15.9 Å². The molecule has 0 bridgehead atoms. The van der Waals surface area contributed by atoms with Crippen molar-refractivity contribution in [3.63, 3.8) is 0 Å². The molecule has 0 saturated carbocycles. The summed E-state index contributed by atoms with van der Waals surface area (Å²) in [5.74, 6) is -2.70. The van der Waals surface area contributed by atoms with Gasteiger partial charge in [-0.25, -0.2) is 0 Å². The number of carbonyl (C=O) groups is 2. The second kappa shape index (κ2) is 5.60. The van der Waals surface area contributed by atoms with Crippen LogP contribution in [0.15, 0.2) is 22.7 Å². The van der Waals surface area contributed by atoms with Crippen LogP contribution in [0.1, 0.15) is 29.3 Å². The van der Waals surface area contributed by atoms with Gasteiger partial charge in [0.25, 0.3) is 0 Å². The van der Waals surface area contributed by atoms with Crippen LogP contribution in [0.25, 0.3) is 0 Å². The number of aliphatic carboxylic acids is 1. The summed E-state index contributed by atoms with van der Waals surface area (Å²) in [6.07, 6.45) is 0.220. The fourth-order valence-electron chi connectivity index (χ4n) is 1.47. The van der Waals surface area contributed by atoms with E-state index >= 15 is 0 Å². The number of carbonyl (C=O) groups excluding carboxylic acids is 1. The summed E-state index contributed by atoms with van der Waals surface area (Å²) in [4.78, 5) is 22.9. The highest BCUT2D eigenvalue weighted by Gasteiger charge is 2.27. The number of carboxylic acid groups (broad SMARTS) is 1. The number of carboxylic acids is 1. The van der Waals surface area contributed by atoms with Crippen LogP contribution in [0.4, 0.5) is 0 Å². The Bertz CT molecular complexity index is 505. The SMILES string of the molecule is CCC(C(=O)O)C(=O)c1cccc(C#N)c1Br. The first kappa shape index (κ1) is 13.4. The van der Waals surface area contributed by atoms with Crippen LogP contribution in [0.2, 0.25) is 0 Å². The van der Waals surface area contributed by atoms with E-state index in [-0.39, 0.29) is 12.0 Å². The Morgan fingerprint density at radius 2 is 2.18 bits per heavy atom. The molecule has 1 rings (SSSR count). The molecule has 0 spiro atoms. The van der Waals surface area contributed by atoms with Gasteiger partial charge in [0.15, 0.2) is 5.78 Å². The molecule has 17 heavy (non-hydrogen) atoms. The second-order valence-electron chi connectivity index (χ2n) is 3.44. The predicted octanol–water partition coefficient (Wildman–Crippen LogP) is 2.61. The first-order valence-corrected chi connectivity index (χ1v) is 5.77. The fourth-order valence-corrected chi connectivity index (χ4v) is 2.02. The molecule has 0 aliphatic rings. The van der Waals surface area contributed by atoms with E-state index in [9.17, 15) is 9.59 Å². The smallest absolute Gasteiger partial charge is 0.314 e. The van der Waals surface area contributed by atoms with Gasteiger partial charge in [0, 0.05) is 10.0 Å². The molecule has 4 nitrogen and oxygen atoms in total. The molecule has 5 heteroatoms. The molecule has 1 aromatic carbocycles. The zero-order chi connectivity index (χ0) is 13.0. The molecule has 1 atom stereocenters. The van der Waals surface area contributed by atoms with Crippen LogP contribution >= 0.6 is 15.9 Å². The van der Waals surface area contributed by atoms with Gasteiger partial charge in [0.1, 0.15) is 12.0 Å². The highest BCUT2D eigenvalue weighted by Crippen LogP contribution is 2.24. The highest BCUT2D eigenvalue weighted by atomic mass is 79.9. The van der Waals surface area contributed by atoms with Crippen LogP contribution in [0.5, 0.6) is 0 Å². The molecule has 0 saturated heterocycles. The standard InChI is InChI=1S/C12H10BrNO3/c1-2-8(12(16)17)11(15)9-5-3-4-7(6-14)10(9)13/h3-5,8H,2H2,1H3,(H,16,17). The molecule has 0 amide bonds. The average molecular weight is 296 g/mol.